The Kier molecular flexibility index (Phi) is 4.65. The van der Waals surface area contributed by atoms with Crippen LogP contribution in [0.25, 0.3) is 0 Å². The van der Waals surface area contributed by atoms with E-state index in [1.165, 1.54) is 5.57 Å². The Labute approximate surface area is 64.0 Å². The normalized spacial score (nSPS) is 13.1. The van der Waals surface area contributed by atoms with Crippen molar-refractivity contribution in [3.8, 4) is 0 Å². The smallest absolute Gasteiger partial charge is 0.00814 e. The molecule has 56 valence electrons. The molecule has 1 atom stereocenters. The van der Waals surface area contributed by atoms with E-state index in [0.717, 1.165) is 0 Å². The first kappa shape index (κ1) is 9.22. The van der Waals surface area contributed by atoms with Crippen molar-refractivity contribution < 1.29 is 0 Å². The molecule has 0 aliphatic heterocycles. The standard InChI is InChI=1S/C10H16/c1-5-10(4)8-6-7-9(2)3/h5-8,10H,1H2,2-4H3/b8-6-. The third-order valence-corrected chi connectivity index (χ3v) is 1.22. The Morgan fingerprint density at radius 3 is 2.40 bits per heavy atom. The van der Waals surface area contributed by atoms with Gasteiger partial charge in [-0.1, -0.05) is 36.8 Å². The quantitative estimate of drug-likeness (QED) is 0.412. The largest absolute Gasteiger partial charge is 0.102 e. The molecule has 0 amide bonds. The van der Waals surface area contributed by atoms with Crippen molar-refractivity contribution in [2.45, 2.75) is 20.8 Å². The molecule has 0 aromatic heterocycles. The summed E-state index contributed by atoms with van der Waals surface area (Å²) in [6.07, 6.45) is 8.22. The molecule has 0 N–H and O–H groups in total. The van der Waals surface area contributed by atoms with Crippen molar-refractivity contribution in [3.63, 3.8) is 0 Å². The molecule has 0 nitrogen and oxygen atoms in total. The molecule has 0 aromatic carbocycles. The molecule has 0 saturated heterocycles. The molecule has 0 radical (unpaired) electrons. The van der Waals surface area contributed by atoms with Crippen molar-refractivity contribution in [1.82, 2.24) is 0 Å². The minimum Gasteiger partial charge on any atom is -0.102 e. The number of allylic oxidation sites excluding steroid dienone is 5. The van der Waals surface area contributed by atoms with Crippen molar-refractivity contribution in [2.75, 3.05) is 0 Å². The number of hydrogen-bond acceptors (Lipinski definition) is 0. The molecule has 1 unspecified atom stereocenters. The minimum absolute atomic E-state index is 0.482. The summed E-state index contributed by atoms with van der Waals surface area (Å²) in [5.41, 5.74) is 1.33. The Balaban J connectivity index is 3.76. The summed E-state index contributed by atoms with van der Waals surface area (Å²) in [4.78, 5) is 0. The van der Waals surface area contributed by atoms with Crippen LogP contribution in [-0.2, 0) is 0 Å². The Hall–Kier alpha value is -0.780. The van der Waals surface area contributed by atoms with E-state index >= 15 is 0 Å². The van der Waals surface area contributed by atoms with Crippen LogP contribution < -0.4 is 0 Å². The summed E-state index contributed by atoms with van der Waals surface area (Å²) in [6, 6.07) is 0. The molecule has 0 aliphatic rings. The summed E-state index contributed by atoms with van der Waals surface area (Å²) in [5.74, 6) is 0.482. The van der Waals surface area contributed by atoms with Crippen LogP contribution in [0, 0.1) is 5.92 Å². The second-order valence-electron chi connectivity index (χ2n) is 2.72. The van der Waals surface area contributed by atoms with Crippen molar-refractivity contribution >= 4 is 0 Å². The van der Waals surface area contributed by atoms with Crippen LogP contribution >= 0.6 is 0 Å². The molecule has 0 saturated carbocycles. The van der Waals surface area contributed by atoms with E-state index < -0.39 is 0 Å². The van der Waals surface area contributed by atoms with E-state index in [0.29, 0.717) is 5.92 Å². The SMILES string of the molecule is C=CC(C)/C=C\C=C(C)C. The fraction of sp³-hybridized carbons (Fsp3) is 0.400. The van der Waals surface area contributed by atoms with Crippen LogP contribution in [0.15, 0.2) is 36.5 Å². The van der Waals surface area contributed by atoms with Gasteiger partial charge in [-0.2, -0.15) is 0 Å². The third-order valence-electron chi connectivity index (χ3n) is 1.22. The molecule has 0 heteroatoms. The maximum absolute atomic E-state index is 3.69. The van der Waals surface area contributed by atoms with Gasteiger partial charge in [0.15, 0.2) is 0 Å². The van der Waals surface area contributed by atoms with E-state index in [1.54, 1.807) is 0 Å². The molecule has 0 rings (SSSR count). The summed E-state index contributed by atoms with van der Waals surface area (Å²) in [6.45, 7) is 9.97. The highest BCUT2D eigenvalue weighted by Crippen LogP contribution is 1.98. The second kappa shape index (κ2) is 5.04. The van der Waals surface area contributed by atoms with E-state index in [4.69, 9.17) is 0 Å². The van der Waals surface area contributed by atoms with Crippen molar-refractivity contribution in [2.24, 2.45) is 5.92 Å². The minimum atomic E-state index is 0.482. The molecule has 0 aliphatic carbocycles. The van der Waals surface area contributed by atoms with Crippen LogP contribution in [0.3, 0.4) is 0 Å². The second-order valence-corrected chi connectivity index (χ2v) is 2.72. The van der Waals surface area contributed by atoms with E-state index in [2.05, 4.69) is 45.6 Å². The van der Waals surface area contributed by atoms with Gasteiger partial charge in [-0.05, 0) is 19.8 Å². The van der Waals surface area contributed by atoms with Gasteiger partial charge < -0.3 is 0 Å². The summed E-state index contributed by atoms with van der Waals surface area (Å²) in [5, 5.41) is 0. The average Bonchev–Trinajstić information content (AvgIpc) is 1.87. The predicted octanol–water partition coefficient (Wildman–Crippen LogP) is 3.33. The monoisotopic (exact) mass is 136 g/mol. The fourth-order valence-electron chi connectivity index (χ4n) is 0.502. The van der Waals surface area contributed by atoms with E-state index in [-0.39, 0.29) is 0 Å². The van der Waals surface area contributed by atoms with Crippen LogP contribution in [0.1, 0.15) is 20.8 Å². The van der Waals surface area contributed by atoms with Crippen LogP contribution in [0.5, 0.6) is 0 Å². The Morgan fingerprint density at radius 2 is 2.00 bits per heavy atom. The highest BCUT2D eigenvalue weighted by molar-refractivity contribution is 5.10. The lowest BCUT2D eigenvalue weighted by molar-refractivity contribution is 0.944. The van der Waals surface area contributed by atoms with Gasteiger partial charge >= 0.3 is 0 Å². The molecular formula is C10H16. The lowest BCUT2D eigenvalue weighted by Crippen LogP contribution is -1.78. The van der Waals surface area contributed by atoms with Gasteiger partial charge in [-0.15, -0.1) is 6.58 Å². The van der Waals surface area contributed by atoms with E-state index in [9.17, 15) is 0 Å². The first-order chi connectivity index (χ1) is 4.66. The molecule has 0 spiro atoms. The maximum atomic E-state index is 3.69. The predicted molar refractivity (Wildman–Crippen MR) is 47.9 cm³/mol. The maximum Gasteiger partial charge on any atom is -0.00814 e. The lowest BCUT2D eigenvalue weighted by Gasteiger charge is -1.92. The van der Waals surface area contributed by atoms with Crippen LogP contribution in [-0.4, -0.2) is 0 Å². The van der Waals surface area contributed by atoms with Crippen molar-refractivity contribution in [1.29, 1.82) is 0 Å². The number of rotatable bonds is 3. The highest BCUT2D eigenvalue weighted by atomic mass is 13.9. The summed E-state index contributed by atoms with van der Waals surface area (Å²) >= 11 is 0. The zero-order chi connectivity index (χ0) is 7.98. The average molecular weight is 136 g/mol. The molecule has 10 heavy (non-hydrogen) atoms. The lowest BCUT2D eigenvalue weighted by atomic mass is 10.1. The molecule has 0 heterocycles. The summed E-state index contributed by atoms with van der Waals surface area (Å²) in [7, 11) is 0. The third kappa shape index (κ3) is 5.36. The van der Waals surface area contributed by atoms with Gasteiger partial charge in [0.1, 0.15) is 0 Å². The zero-order valence-electron chi connectivity index (χ0n) is 7.09. The molecule has 0 bridgehead atoms. The van der Waals surface area contributed by atoms with Crippen LogP contribution in [0.2, 0.25) is 0 Å². The van der Waals surface area contributed by atoms with Gasteiger partial charge in [0.2, 0.25) is 0 Å². The number of hydrogen-bond donors (Lipinski definition) is 0. The van der Waals surface area contributed by atoms with Crippen molar-refractivity contribution in [3.05, 3.63) is 36.5 Å². The van der Waals surface area contributed by atoms with Crippen LogP contribution in [0.4, 0.5) is 0 Å². The Bertz CT molecular complexity index is 145. The molecule has 0 aromatic rings. The van der Waals surface area contributed by atoms with Gasteiger partial charge in [-0.3, -0.25) is 0 Å². The van der Waals surface area contributed by atoms with Gasteiger partial charge in [-0.25, -0.2) is 0 Å². The Morgan fingerprint density at radius 1 is 1.40 bits per heavy atom. The van der Waals surface area contributed by atoms with Gasteiger partial charge in [0.05, 0.1) is 0 Å². The topological polar surface area (TPSA) is 0 Å². The van der Waals surface area contributed by atoms with E-state index in [1.807, 2.05) is 6.08 Å². The highest BCUT2D eigenvalue weighted by Gasteiger charge is 1.83. The first-order valence-electron chi connectivity index (χ1n) is 3.61. The zero-order valence-corrected chi connectivity index (χ0v) is 7.09. The molecular weight excluding hydrogens is 120 g/mol. The first-order valence-corrected chi connectivity index (χ1v) is 3.61. The summed E-state index contributed by atoms with van der Waals surface area (Å²) < 4.78 is 0. The molecule has 0 fully saturated rings. The fourth-order valence-corrected chi connectivity index (χ4v) is 0.502. The van der Waals surface area contributed by atoms with Gasteiger partial charge in [0, 0.05) is 0 Å². The van der Waals surface area contributed by atoms with Gasteiger partial charge in [0.25, 0.3) is 0 Å².